The third kappa shape index (κ3) is 3.26. The second kappa shape index (κ2) is 5.05. The van der Waals surface area contributed by atoms with Gasteiger partial charge in [0.25, 0.3) is 0 Å². The number of alkyl halides is 3. The zero-order valence-corrected chi connectivity index (χ0v) is 8.47. The monoisotopic (exact) mass is 234 g/mol. The van der Waals surface area contributed by atoms with Gasteiger partial charge in [0.1, 0.15) is 6.07 Å². The van der Waals surface area contributed by atoms with E-state index >= 15 is 0 Å². The number of hydrogen-bond acceptors (Lipinski definition) is 2. The van der Waals surface area contributed by atoms with Gasteiger partial charge in [0, 0.05) is 5.56 Å². The summed E-state index contributed by atoms with van der Waals surface area (Å²) in [6.07, 6.45) is -4.57. The van der Waals surface area contributed by atoms with Crippen LogP contribution in [0.5, 0.6) is 0 Å². The van der Waals surface area contributed by atoms with Crippen molar-refractivity contribution in [3.05, 3.63) is 34.9 Å². The third-order valence-electron chi connectivity index (χ3n) is 1.86. The van der Waals surface area contributed by atoms with E-state index in [1.54, 1.807) is 12.1 Å². The van der Waals surface area contributed by atoms with Gasteiger partial charge in [0.2, 0.25) is 0 Å². The van der Waals surface area contributed by atoms with Crippen LogP contribution in [0.3, 0.4) is 0 Å². The van der Waals surface area contributed by atoms with E-state index in [4.69, 9.17) is 10.5 Å². The summed E-state index contributed by atoms with van der Waals surface area (Å²) in [6.45, 7) is 0. The highest BCUT2D eigenvalue weighted by Crippen LogP contribution is 2.30. The lowest BCUT2D eigenvalue weighted by molar-refractivity contribution is -0.137. The van der Waals surface area contributed by atoms with Crippen LogP contribution >= 0.6 is 0 Å². The third-order valence-corrected chi connectivity index (χ3v) is 1.86. The van der Waals surface area contributed by atoms with Crippen LogP contribution < -0.4 is 0 Å². The van der Waals surface area contributed by atoms with Crippen LogP contribution in [0, 0.1) is 34.5 Å². The Hall–Kier alpha value is -2.45. The standard InChI is InChI=1S/C12H5F3N2/c13-12(14,15)11-5-4-10(8-17)9(7-11)3-1-2-6-16/h4-5,7H,2H2. The molecule has 0 aliphatic rings. The van der Waals surface area contributed by atoms with Gasteiger partial charge in [0.05, 0.1) is 23.6 Å². The van der Waals surface area contributed by atoms with Crippen LogP contribution in [-0.2, 0) is 6.18 Å². The zero-order chi connectivity index (χ0) is 12.9. The summed E-state index contributed by atoms with van der Waals surface area (Å²) in [5.41, 5.74) is -0.821. The maximum atomic E-state index is 12.4. The lowest BCUT2D eigenvalue weighted by Crippen LogP contribution is -2.05. The quantitative estimate of drug-likeness (QED) is 0.648. The molecule has 5 heteroatoms. The molecule has 0 atom stereocenters. The van der Waals surface area contributed by atoms with Gasteiger partial charge < -0.3 is 0 Å². The second-order valence-electron chi connectivity index (χ2n) is 3.01. The summed E-state index contributed by atoms with van der Waals surface area (Å²) in [5.74, 6) is 4.76. The van der Waals surface area contributed by atoms with E-state index in [1.165, 1.54) is 0 Å². The Balaban J connectivity index is 3.24. The molecular formula is C12H5F3N2. The van der Waals surface area contributed by atoms with Crippen LogP contribution in [0.4, 0.5) is 13.2 Å². The highest BCUT2D eigenvalue weighted by Gasteiger charge is 2.30. The van der Waals surface area contributed by atoms with Crippen molar-refractivity contribution in [2.24, 2.45) is 0 Å². The summed E-state index contributed by atoms with van der Waals surface area (Å²) in [5, 5.41) is 17.0. The van der Waals surface area contributed by atoms with Crippen LogP contribution in [0.25, 0.3) is 0 Å². The molecule has 0 fully saturated rings. The fourth-order valence-corrected chi connectivity index (χ4v) is 1.10. The Morgan fingerprint density at radius 3 is 2.35 bits per heavy atom. The van der Waals surface area contributed by atoms with Crippen molar-refractivity contribution in [3.63, 3.8) is 0 Å². The molecule has 0 aliphatic carbocycles. The predicted octanol–water partition coefficient (Wildman–Crippen LogP) is 2.84. The minimum absolute atomic E-state index is 0.0161. The lowest BCUT2D eigenvalue weighted by Gasteiger charge is -2.07. The highest BCUT2D eigenvalue weighted by molar-refractivity contribution is 5.50. The molecule has 2 nitrogen and oxygen atoms in total. The Kier molecular flexibility index (Phi) is 3.75. The van der Waals surface area contributed by atoms with E-state index in [-0.39, 0.29) is 17.5 Å². The minimum Gasteiger partial charge on any atom is -0.197 e. The summed E-state index contributed by atoms with van der Waals surface area (Å²) in [7, 11) is 0. The molecule has 0 radical (unpaired) electrons. The molecule has 0 N–H and O–H groups in total. The zero-order valence-electron chi connectivity index (χ0n) is 8.47. The van der Waals surface area contributed by atoms with Gasteiger partial charge in [-0.3, -0.25) is 0 Å². The van der Waals surface area contributed by atoms with Crippen molar-refractivity contribution >= 4 is 0 Å². The predicted molar refractivity (Wildman–Crippen MR) is 53.3 cm³/mol. The highest BCUT2D eigenvalue weighted by atomic mass is 19.4. The molecule has 0 saturated carbocycles. The molecule has 0 aliphatic heterocycles. The van der Waals surface area contributed by atoms with Crippen LogP contribution in [0.1, 0.15) is 23.1 Å². The molecule has 0 unspecified atom stereocenters. The molecule has 84 valence electrons. The van der Waals surface area contributed by atoms with Crippen molar-refractivity contribution < 1.29 is 13.2 Å². The maximum Gasteiger partial charge on any atom is 0.416 e. The first-order valence-electron chi connectivity index (χ1n) is 4.46. The molecule has 1 rings (SSSR count). The molecule has 0 saturated heterocycles. The normalized spacial score (nSPS) is 9.71. The van der Waals surface area contributed by atoms with Crippen molar-refractivity contribution in [1.29, 1.82) is 10.5 Å². The van der Waals surface area contributed by atoms with E-state index in [1.807, 2.05) is 0 Å². The van der Waals surface area contributed by atoms with E-state index in [2.05, 4.69) is 11.8 Å². The van der Waals surface area contributed by atoms with Crippen LogP contribution in [-0.4, -0.2) is 0 Å². The number of nitrogens with zero attached hydrogens (tertiary/aromatic N) is 2. The lowest BCUT2D eigenvalue weighted by atomic mass is 10.0. The first-order valence-corrected chi connectivity index (χ1v) is 4.46. The van der Waals surface area contributed by atoms with Gasteiger partial charge in [-0.15, -0.1) is 0 Å². The van der Waals surface area contributed by atoms with Crippen molar-refractivity contribution in [3.8, 4) is 24.0 Å². The Morgan fingerprint density at radius 1 is 1.12 bits per heavy atom. The van der Waals surface area contributed by atoms with Gasteiger partial charge in [-0.05, 0) is 18.2 Å². The smallest absolute Gasteiger partial charge is 0.197 e. The van der Waals surface area contributed by atoms with Crippen molar-refractivity contribution in [2.45, 2.75) is 12.6 Å². The first-order chi connectivity index (χ1) is 7.99. The molecule has 1 aromatic rings. The average molecular weight is 234 g/mol. The molecule has 1 aromatic carbocycles. The first kappa shape index (κ1) is 12.6. The van der Waals surface area contributed by atoms with E-state index in [0.29, 0.717) is 0 Å². The number of halogens is 3. The van der Waals surface area contributed by atoms with Gasteiger partial charge in [-0.1, -0.05) is 11.8 Å². The summed E-state index contributed by atoms with van der Waals surface area (Å²) in [4.78, 5) is 0. The van der Waals surface area contributed by atoms with E-state index in [9.17, 15) is 13.2 Å². The molecule has 17 heavy (non-hydrogen) atoms. The maximum absolute atomic E-state index is 12.4. The Labute approximate surface area is 95.9 Å². The fraction of sp³-hybridized carbons (Fsp3) is 0.167. The SMILES string of the molecule is N#CCC#Cc1cc(C(F)(F)F)ccc1C#N. The van der Waals surface area contributed by atoms with Gasteiger partial charge in [0.15, 0.2) is 0 Å². The number of rotatable bonds is 0. The molecular weight excluding hydrogens is 229 g/mol. The van der Waals surface area contributed by atoms with Gasteiger partial charge >= 0.3 is 6.18 Å². The Morgan fingerprint density at radius 2 is 1.82 bits per heavy atom. The van der Waals surface area contributed by atoms with Crippen molar-refractivity contribution in [1.82, 2.24) is 0 Å². The van der Waals surface area contributed by atoms with Crippen LogP contribution in [0.15, 0.2) is 18.2 Å². The summed E-state index contributed by atoms with van der Waals surface area (Å²) >= 11 is 0. The van der Waals surface area contributed by atoms with Gasteiger partial charge in [-0.25, -0.2) is 0 Å². The van der Waals surface area contributed by atoms with Crippen molar-refractivity contribution in [2.75, 3.05) is 0 Å². The summed E-state index contributed by atoms with van der Waals surface area (Å²) in [6, 6.07) is 6.19. The largest absolute Gasteiger partial charge is 0.416 e. The van der Waals surface area contributed by atoms with Crippen LogP contribution in [0.2, 0.25) is 0 Å². The molecule has 0 spiro atoms. The molecule has 0 bridgehead atoms. The minimum atomic E-state index is -4.47. The average Bonchev–Trinajstić information content (AvgIpc) is 2.28. The van der Waals surface area contributed by atoms with E-state index in [0.717, 1.165) is 18.2 Å². The van der Waals surface area contributed by atoms with Gasteiger partial charge in [-0.2, -0.15) is 23.7 Å². The fourth-order valence-electron chi connectivity index (χ4n) is 1.10. The molecule has 0 heterocycles. The Bertz CT molecular complexity index is 563. The second-order valence-corrected chi connectivity index (χ2v) is 3.01. The molecule has 0 aromatic heterocycles. The van der Waals surface area contributed by atoms with E-state index < -0.39 is 11.7 Å². The number of nitriles is 2. The number of hydrogen-bond donors (Lipinski definition) is 0. The topological polar surface area (TPSA) is 47.6 Å². The summed E-state index contributed by atoms with van der Waals surface area (Å²) < 4.78 is 37.2. The number of benzene rings is 1. The molecule has 0 amide bonds.